The molecule has 1 amide bonds. The molecule has 0 spiro atoms. The highest BCUT2D eigenvalue weighted by molar-refractivity contribution is 7.98. The molecule has 0 aliphatic rings. The number of hydrogen-bond donors (Lipinski definition) is 1. The van der Waals surface area contributed by atoms with Crippen LogP contribution in [0.2, 0.25) is 0 Å². The first-order valence-corrected chi connectivity index (χ1v) is 8.80. The molecule has 0 atom stereocenters. The highest BCUT2D eigenvalue weighted by Gasteiger charge is 2.25. The maximum absolute atomic E-state index is 12.2. The molecule has 0 saturated carbocycles. The number of nitrogens with zero attached hydrogens (tertiary/aromatic N) is 2. The van der Waals surface area contributed by atoms with Gasteiger partial charge in [0.25, 0.3) is 0 Å². The Morgan fingerprint density at radius 1 is 1.27 bits per heavy atom. The van der Waals surface area contributed by atoms with Crippen LogP contribution in [0.1, 0.15) is 50.1 Å². The van der Waals surface area contributed by atoms with Crippen LogP contribution in [0.4, 0.5) is 0 Å². The summed E-state index contributed by atoms with van der Waals surface area (Å²) in [6.45, 7) is 7.91. The predicted octanol–water partition coefficient (Wildman–Crippen LogP) is 3.06. The van der Waals surface area contributed by atoms with Gasteiger partial charge in [-0.15, -0.1) is 6.42 Å². The molecule has 120 valence electrons. The van der Waals surface area contributed by atoms with Crippen molar-refractivity contribution < 1.29 is 4.79 Å². The van der Waals surface area contributed by atoms with Gasteiger partial charge in [-0.05, 0) is 44.9 Å². The molecule has 1 aromatic rings. The minimum atomic E-state index is -0.527. The third-order valence-electron chi connectivity index (χ3n) is 4.05. The van der Waals surface area contributed by atoms with Crippen molar-refractivity contribution in [3.63, 3.8) is 0 Å². The number of rotatable bonds is 7. The zero-order valence-corrected chi connectivity index (χ0v) is 14.9. The summed E-state index contributed by atoms with van der Waals surface area (Å²) in [5.41, 5.74) is 2.41. The van der Waals surface area contributed by atoms with E-state index in [0.29, 0.717) is 12.8 Å². The summed E-state index contributed by atoms with van der Waals surface area (Å²) in [5.74, 6) is 2.70. The summed E-state index contributed by atoms with van der Waals surface area (Å²) in [7, 11) is 0. The maximum Gasteiger partial charge on any atom is 0.221 e. The topological polar surface area (TPSA) is 54.9 Å². The van der Waals surface area contributed by atoms with Crippen molar-refractivity contribution in [2.24, 2.45) is 0 Å². The van der Waals surface area contributed by atoms with Crippen molar-refractivity contribution in [3.8, 4) is 12.3 Å². The largest absolute Gasteiger partial charge is 0.340 e. The van der Waals surface area contributed by atoms with E-state index in [2.05, 4.69) is 21.2 Å². The van der Waals surface area contributed by atoms with Crippen molar-refractivity contribution >= 4 is 17.7 Å². The quantitative estimate of drug-likeness (QED) is 0.477. The molecule has 0 unspecified atom stereocenters. The van der Waals surface area contributed by atoms with Crippen LogP contribution in [0, 0.1) is 26.2 Å². The molecule has 1 N–H and O–H groups in total. The number of aromatic nitrogens is 2. The van der Waals surface area contributed by atoms with E-state index in [0.717, 1.165) is 34.9 Å². The lowest BCUT2D eigenvalue weighted by Gasteiger charge is -2.27. The summed E-state index contributed by atoms with van der Waals surface area (Å²) >= 11 is 1.52. The van der Waals surface area contributed by atoms with Crippen LogP contribution in [0.3, 0.4) is 0 Å². The first-order valence-electron chi connectivity index (χ1n) is 7.58. The van der Waals surface area contributed by atoms with Crippen LogP contribution in [0.15, 0.2) is 5.16 Å². The zero-order chi connectivity index (χ0) is 16.8. The third kappa shape index (κ3) is 4.48. The van der Waals surface area contributed by atoms with Gasteiger partial charge in [0.2, 0.25) is 5.91 Å². The molecule has 5 heteroatoms. The lowest BCUT2D eigenvalue weighted by Crippen LogP contribution is -2.46. The van der Waals surface area contributed by atoms with E-state index in [1.165, 1.54) is 11.8 Å². The van der Waals surface area contributed by atoms with Crippen LogP contribution >= 0.6 is 11.8 Å². The van der Waals surface area contributed by atoms with Gasteiger partial charge in [0.15, 0.2) is 5.16 Å². The molecule has 0 aromatic carbocycles. The second kappa shape index (κ2) is 8.19. The zero-order valence-electron chi connectivity index (χ0n) is 14.1. The number of carbonyl (C=O) groups excluding carboxylic acids is 1. The SMILES string of the molecule is C#CC(CC)(CC)NC(=O)CCc1c(C)nc(SC)nc1C. The van der Waals surface area contributed by atoms with Gasteiger partial charge >= 0.3 is 0 Å². The maximum atomic E-state index is 12.2. The summed E-state index contributed by atoms with van der Waals surface area (Å²) < 4.78 is 0. The molecule has 1 aromatic heterocycles. The standard InChI is InChI=1S/C17H25N3OS/c1-7-17(8-2,9-3)20-15(21)11-10-14-12(4)18-16(22-6)19-13(14)5/h1H,8-11H2,2-6H3,(H,20,21). The molecule has 1 rings (SSSR count). The smallest absolute Gasteiger partial charge is 0.221 e. The second-order valence-corrected chi connectivity index (χ2v) is 6.11. The monoisotopic (exact) mass is 319 g/mol. The van der Waals surface area contributed by atoms with E-state index in [1.54, 1.807) is 0 Å². The molecule has 4 nitrogen and oxygen atoms in total. The van der Waals surface area contributed by atoms with Gasteiger partial charge in [-0.25, -0.2) is 9.97 Å². The summed E-state index contributed by atoms with van der Waals surface area (Å²) in [4.78, 5) is 21.1. The van der Waals surface area contributed by atoms with Crippen LogP contribution in [-0.4, -0.2) is 27.7 Å². The van der Waals surface area contributed by atoms with Crippen molar-refractivity contribution in [2.45, 2.75) is 64.1 Å². The Bertz CT molecular complexity index is 551. The molecule has 22 heavy (non-hydrogen) atoms. The van der Waals surface area contributed by atoms with Gasteiger partial charge in [0, 0.05) is 17.8 Å². The van der Waals surface area contributed by atoms with E-state index in [4.69, 9.17) is 6.42 Å². The molecule has 0 bridgehead atoms. The van der Waals surface area contributed by atoms with Gasteiger partial charge in [-0.3, -0.25) is 4.79 Å². The fourth-order valence-electron chi connectivity index (χ4n) is 2.40. The molecular formula is C17H25N3OS. The highest BCUT2D eigenvalue weighted by atomic mass is 32.2. The number of aryl methyl sites for hydroxylation is 2. The van der Waals surface area contributed by atoms with Crippen molar-refractivity contribution in [1.29, 1.82) is 0 Å². The first kappa shape index (κ1) is 18.5. The average Bonchev–Trinajstić information content (AvgIpc) is 2.51. The van der Waals surface area contributed by atoms with Crippen molar-refractivity contribution in [3.05, 3.63) is 17.0 Å². The van der Waals surface area contributed by atoms with Crippen LogP contribution in [0.25, 0.3) is 0 Å². The average molecular weight is 319 g/mol. The number of hydrogen-bond acceptors (Lipinski definition) is 4. The lowest BCUT2D eigenvalue weighted by atomic mass is 9.93. The van der Waals surface area contributed by atoms with Gasteiger partial charge in [0.05, 0.1) is 0 Å². The Morgan fingerprint density at radius 3 is 2.23 bits per heavy atom. The Hall–Kier alpha value is -1.54. The summed E-state index contributed by atoms with van der Waals surface area (Å²) in [6.07, 6.45) is 10.0. The number of terminal acetylenes is 1. The lowest BCUT2D eigenvalue weighted by molar-refractivity contribution is -0.122. The molecule has 0 fully saturated rings. The molecule has 0 aliphatic carbocycles. The van der Waals surface area contributed by atoms with E-state index in [9.17, 15) is 4.79 Å². The molecule has 1 heterocycles. The number of amides is 1. The minimum absolute atomic E-state index is 0.0191. The minimum Gasteiger partial charge on any atom is -0.340 e. The fourth-order valence-corrected chi connectivity index (χ4v) is 2.85. The van der Waals surface area contributed by atoms with E-state index in [-0.39, 0.29) is 5.91 Å². The number of carbonyl (C=O) groups is 1. The number of nitrogens with one attached hydrogen (secondary N) is 1. The predicted molar refractivity (Wildman–Crippen MR) is 91.9 cm³/mol. The summed E-state index contributed by atoms with van der Waals surface area (Å²) in [6, 6.07) is 0. The van der Waals surface area contributed by atoms with Crippen LogP contribution < -0.4 is 5.32 Å². The van der Waals surface area contributed by atoms with Gasteiger partial charge in [0.1, 0.15) is 5.54 Å². The third-order valence-corrected chi connectivity index (χ3v) is 4.59. The first-order chi connectivity index (χ1) is 10.4. The van der Waals surface area contributed by atoms with Crippen LogP contribution in [-0.2, 0) is 11.2 Å². The molecule has 0 saturated heterocycles. The fraction of sp³-hybridized carbons (Fsp3) is 0.588. The Morgan fingerprint density at radius 2 is 1.82 bits per heavy atom. The molecule has 0 aliphatic heterocycles. The Kier molecular flexibility index (Phi) is 6.89. The van der Waals surface area contributed by atoms with E-state index < -0.39 is 5.54 Å². The normalized spacial score (nSPS) is 11.1. The number of thioether (sulfide) groups is 1. The Labute approximate surface area is 137 Å². The Balaban J connectivity index is 2.75. The van der Waals surface area contributed by atoms with Gasteiger partial charge in [-0.1, -0.05) is 31.5 Å². The van der Waals surface area contributed by atoms with Gasteiger partial charge < -0.3 is 5.32 Å². The van der Waals surface area contributed by atoms with E-state index >= 15 is 0 Å². The summed E-state index contributed by atoms with van der Waals surface area (Å²) in [5, 5.41) is 3.76. The van der Waals surface area contributed by atoms with Crippen molar-refractivity contribution in [2.75, 3.05) is 6.26 Å². The van der Waals surface area contributed by atoms with Crippen molar-refractivity contribution in [1.82, 2.24) is 15.3 Å². The second-order valence-electron chi connectivity index (χ2n) is 5.34. The molecule has 0 radical (unpaired) electrons. The molecular weight excluding hydrogens is 294 g/mol. The van der Waals surface area contributed by atoms with Gasteiger partial charge in [-0.2, -0.15) is 0 Å². The van der Waals surface area contributed by atoms with Crippen LogP contribution in [0.5, 0.6) is 0 Å². The van der Waals surface area contributed by atoms with E-state index in [1.807, 2.05) is 34.0 Å². The highest BCUT2D eigenvalue weighted by Crippen LogP contribution is 2.18.